The SMILES string of the molecule is CN(C)CC[C@@]1(O)C(O)C(O)CC2CC3(O)CC(O)C(O)CC3C21. The molecule has 3 fully saturated rings. The second-order valence-electron chi connectivity index (χ2n) is 8.57. The summed E-state index contributed by atoms with van der Waals surface area (Å²) in [5.74, 6) is -0.929. The van der Waals surface area contributed by atoms with E-state index in [0.717, 1.165) is 0 Å². The highest BCUT2D eigenvalue weighted by Gasteiger charge is 2.66. The third-order valence-corrected chi connectivity index (χ3v) is 6.71. The second kappa shape index (κ2) is 6.16. The molecule has 140 valence electrons. The fourth-order valence-corrected chi connectivity index (χ4v) is 5.58. The standard InChI is InChI=1S/C17H31NO6/c1-18(2)4-3-17(24)14-9(5-12(20)15(17)22)7-16(23)8-13(21)11(19)6-10(14)16/h9-15,19-24H,3-8H2,1-2H3/t9?,10?,11?,12?,13?,14?,15?,16?,17-/m0/s1. The molecule has 6 N–H and O–H groups in total. The molecule has 0 saturated heterocycles. The summed E-state index contributed by atoms with van der Waals surface area (Å²) in [4.78, 5) is 1.90. The molecule has 3 saturated carbocycles. The normalized spacial score (nSPS) is 54.6. The van der Waals surface area contributed by atoms with E-state index < -0.39 is 47.5 Å². The van der Waals surface area contributed by atoms with Crippen LogP contribution in [-0.2, 0) is 0 Å². The Morgan fingerprint density at radius 2 is 1.58 bits per heavy atom. The summed E-state index contributed by atoms with van der Waals surface area (Å²) in [6, 6.07) is 0. The lowest BCUT2D eigenvalue weighted by Gasteiger charge is -2.51. The maximum absolute atomic E-state index is 11.3. The Labute approximate surface area is 142 Å². The summed E-state index contributed by atoms with van der Waals surface area (Å²) in [6.07, 6.45) is -2.96. The maximum atomic E-state index is 11.3. The van der Waals surface area contributed by atoms with Crippen molar-refractivity contribution in [3.8, 4) is 0 Å². The summed E-state index contributed by atoms with van der Waals surface area (Å²) in [6.45, 7) is 0.541. The third-order valence-electron chi connectivity index (χ3n) is 6.71. The van der Waals surface area contributed by atoms with Crippen LogP contribution in [0.3, 0.4) is 0 Å². The Balaban J connectivity index is 1.93. The molecule has 24 heavy (non-hydrogen) atoms. The minimum absolute atomic E-state index is 0.0712. The molecule has 0 radical (unpaired) electrons. The molecule has 0 bridgehead atoms. The van der Waals surface area contributed by atoms with E-state index in [4.69, 9.17) is 0 Å². The van der Waals surface area contributed by atoms with Gasteiger partial charge in [0.05, 0.1) is 29.5 Å². The zero-order valence-electron chi connectivity index (χ0n) is 14.4. The number of nitrogens with zero attached hydrogens (tertiary/aromatic N) is 1. The van der Waals surface area contributed by atoms with Gasteiger partial charge in [0.1, 0.15) is 6.10 Å². The van der Waals surface area contributed by atoms with Gasteiger partial charge in [-0.2, -0.15) is 0 Å². The summed E-state index contributed by atoms with van der Waals surface area (Å²) in [5, 5.41) is 63.2. The van der Waals surface area contributed by atoms with Crippen molar-refractivity contribution >= 4 is 0 Å². The van der Waals surface area contributed by atoms with Gasteiger partial charge in [0, 0.05) is 13.0 Å². The highest BCUT2D eigenvalue weighted by atomic mass is 16.4. The van der Waals surface area contributed by atoms with Gasteiger partial charge in [-0.05, 0) is 57.5 Å². The van der Waals surface area contributed by atoms with E-state index in [1.165, 1.54) is 0 Å². The number of aliphatic hydroxyl groups excluding tert-OH is 4. The van der Waals surface area contributed by atoms with Gasteiger partial charge in [0.2, 0.25) is 0 Å². The van der Waals surface area contributed by atoms with Gasteiger partial charge in [-0.3, -0.25) is 0 Å². The van der Waals surface area contributed by atoms with Crippen LogP contribution in [0.5, 0.6) is 0 Å². The topological polar surface area (TPSA) is 125 Å². The Morgan fingerprint density at radius 3 is 2.21 bits per heavy atom. The van der Waals surface area contributed by atoms with Crippen molar-refractivity contribution in [1.82, 2.24) is 4.90 Å². The van der Waals surface area contributed by atoms with Crippen LogP contribution >= 0.6 is 0 Å². The molecule has 0 aliphatic heterocycles. The van der Waals surface area contributed by atoms with Crippen LogP contribution in [0.2, 0.25) is 0 Å². The van der Waals surface area contributed by atoms with E-state index in [1.807, 2.05) is 19.0 Å². The first-order chi connectivity index (χ1) is 11.1. The molecule has 0 aromatic rings. The Morgan fingerprint density at radius 1 is 0.917 bits per heavy atom. The fourth-order valence-electron chi connectivity index (χ4n) is 5.58. The third kappa shape index (κ3) is 2.80. The predicted molar refractivity (Wildman–Crippen MR) is 86.0 cm³/mol. The van der Waals surface area contributed by atoms with Crippen molar-refractivity contribution in [2.45, 2.75) is 67.7 Å². The quantitative estimate of drug-likeness (QED) is 0.360. The predicted octanol–water partition coefficient (Wildman–Crippen LogP) is -1.71. The van der Waals surface area contributed by atoms with E-state index in [2.05, 4.69) is 0 Å². The average Bonchev–Trinajstić information content (AvgIpc) is 2.75. The largest absolute Gasteiger partial charge is 0.390 e. The first-order valence-corrected chi connectivity index (χ1v) is 8.90. The van der Waals surface area contributed by atoms with Crippen LogP contribution in [0.15, 0.2) is 0 Å². The lowest BCUT2D eigenvalue weighted by atomic mass is 9.61. The van der Waals surface area contributed by atoms with Gasteiger partial charge in [-0.1, -0.05) is 0 Å². The highest BCUT2D eigenvalue weighted by Crippen LogP contribution is 2.59. The van der Waals surface area contributed by atoms with Crippen molar-refractivity contribution in [2.75, 3.05) is 20.6 Å². The van der Waals surface area contributed by atoms with Crippen molar-refractivity contribution in [3.05, 3.63) is 0 Å². The molecule has 3 aliphatic rings. The molecule has 0 aromatic heterocycles. The summed E-state index contributed by atoms with van der Waals surface area (Å²) in [7, 11) is 3.75. The van der Waals surface area contributed by atoms with Crippen LogP contribution in [-0.4, -0.2) is 91.8 Å². The van der Waals surface area contributed by atoms with Crippen molar-refractivity contribution in [2.24, 2.45) is 17.8 Å². The smallest absolute Gasteiger partial charge is 0.109 e. The molecule has 0 amide bonds. The maximum Gasteiger partial charge on any atom is 0.109 e. The van der Waals surface area contributed by atoms with E-state index in [9.17, 15) is 30.6 Å². The lowest BCUT2D eigenvalue weighted by Crippen LogP contribution is -2.63. The number of aliphatic hydroxyl groups is 6. The Kier molecular flexibility index (Phi) is 4.75. The minimum Gasteiger partial charge on any atom is -0.390 e. The Bertz CT molecular complexity index is 476. The molecule has 3 aliphatic carbocycles. The van der Waals surface area contributed by atoms with Gasteiger partial charge in [0.25, 0.3) is 0 Å². The lowest BCUT2D eigenvalue weighted by molar-refractivity contribution is -0.215. The monoisotopic (exact) mass is 345 g/mol. The average molecular weight is 345 g/mol. The zero-order chi connectivity index (χ0) is 17.9. The molecule has 8 unspecified atom stereocenters. The second-order valence-corrected chi connectivity index (χ2v) is 8.57. The highest BCUT2D eigenvalue weighted by molar-refractivity contribution is 5.16. The van der Waals surface area contributed by atoms with Gasteiger partial charge in [-0.25, -0.2) is 0 Å². The molecule has 3 rings (SSSR count). The zero-order valence-corrected chi connectivity index (χ0v) is 14.4. The first-order valence-electron chi connectivity index (χ1n) is 8.90. The van der Waals surface area contributed by atoms with Crippen LogP contribution in [0.25, 0.3) is 0 Å². The first kappa shape index (κ1) is 18.5. The number of hydrogen-bond donors (Lipinski definition) is 6. The molecule has 7 heteroatoms. The van der Waals surface area contributed by atoms with E-state index in [-0.39, 0.29) is 25.2 Å². The van der Waals surface area contributed by atoms with E-state index in [1.54, 1.807) is 0 Å². The molecule has 0 aromatic carbocycles. The molecular formula is C17H31NO6. The van der Waals surface area contributed by atoms with E-state index >= 15 is 0 Å². The Hall–Kier alpha value is -0.280. The fraction of sp³-hybridized carbons (Fsp3) is 1.00. The van der Waals surface area contributed by atoms with Gasteiger partial charge < -0.3 is 35.5 Å². The summed E-state index contributed by atoms with van der Waals surface area (Å²) < 4.78 is 0. The van der Waals surface area contributed by atoms with Crippen LogP contribution in [0.1, 0.15) is 32.1 Å². The van der Waals surface area contributed by atoms with Gasteiger partial charge >= 0.3 is 0 Å². The van der Waals surface area contributed by atoms with Crippen molar-refractivity contribution in [1.29, 1.82) is 0 Å². The molecule has 0 spiro atoms. The molecule has 9 atom stereocenters. The number of hydrogen-bond acceptors (Lipinski definition) is 7. The van der Waals surface area contributed by atoms with Gasteiger partial charge in [0.15, 0.2) is 0 Å². The van der Waals surface area contributed by atoms with Crippen LogP contribution in [0, 0.1) is 17.8 Å². The summed E-state index contributed by atoms with van der Waals surface area (Å²) in [5.41, 5.74) is -2.67. The van der Waals surface area contributed by atoms with Gasteiger partial charge in [-0.15, -0.1) is 0 Å². The minimum atomic E-state index is -1.51. The van der Waals surface area contributed by atoms with E-state index in [0.29, 0.717) is 19.4 Å². The van der Waals surface area contributed by atoms with Crippen molar-refractivity contribution in [3.63, 3.8) is 0 Å². The summed E-state index contributed by atoms with van der Waals surface area (Å²) >= 11 is 0. The number of rotatable bonds is 3. The molecule has 0 heterocycles. The van der Waals surface area contributed by atoms with Crippen LogP contribution < -0.4 is 0 Å². The molecule has 7 nitrogen and oxygen atoms in total. The van der Waals surface area contributed by atoms with Crippen LogP contribution in [0.4, 0.5) is 0 Å². The molecular weight excluding hydrogens is 314 g/mol. The number of fused-ring (bicyclic) bond motifs is 3. The van der Waals surface area contributed by atoms with Crippen molar-refractivity contribution < 1.29 is 30.6 Å².